The van der Waals surface area contributed by atoms with E-state index in [2.05, 4.69) is 9.97 Å². The third-order valence-corrected chi connectivity index (χ3v) is 2.82. The minimum Gasteiger partial charge on any atom is -0.285 e. The molecule has 0 unspecified atom stereocenters. The topological polar surface area (TPSA) is 59.9 Å². The van der Waals surface area contributed by atoms with E-state index in [-0.39, 0.29) is 21.4 Å². The highest BCUT2D eigenvalue weighted by Gasteiger charge is 2.23. The molecule has 0 aliphatic heterocycles. The molecule has 2 aromatic rings. The Kier molecular flexibility index (Phi) is 3.69. The average molecular weight is 281 g/mol. The number of Topliss-reactive ketones (excluding diaryl/α,β-unsaturated/α-hetero) is 2. The largest absolute Gasteiger partial charge is 0.285 e. The minimum absolute atomic E-state index is 0.0177. The van der Waals surface area contributed by atoms with Crippen molar-refractivity contribution in [1.82, 2.24) is 9.97 Å². The zero-order valence-electron chi connectivity index (χ0n) is 8.93. The highest BCUT2D eigenvalue weighted by Crippen LogP contribution is 2.18. The van der Waals surface area contributed by atoms with Crippen molar-refractivity contribution < 1.29 is 9.59 Å². The first-order valence-electron chi connectivity index (χ1n) is 4.91. The lowest BCUT2D eigenvalue weighted by Crippen LogP contribution is -2.16. The van der Waals surface area contributed by atoms with Gasteiger partial charge in [-0.15, -0.1) is 0 Å². The van der Waals surface area contributed by atoms with Crippen LogP contribution in [0.1, 0.15) is 20.7 Å². The van der Waals surface area contributed by atoms with Gasteiger partial charge in [0, 0.05) is 12.4 Å². The molecular weight excluding hydrogens is 275 g/mol. The van der Waals surface area contributed by atoms with Crippen molar-refractivity contribution in [1.29, 1.82) is 0 Å². The van der Waals surface area contributed by atoms with E-state index in [1.54, 1.807) is 0 Å². The summed E-state index contributed by atoms with van der Waals surface area (Å²) in [6.45, 7) is 0. The van der Waals surface area contributed by atoms with Crippen LogP contribution in [-0.4, -0.2) is 21.5 Å². The SMILES string of the molecule is O=C(C(=O)c1cccnc1Cl)c1cccnc1Cl. The molecule has 0 aromatic carbocycles. The zero-order chi connectivity index (χ0) is 13.1. The third-order valence-electron chi connectivity index (χ3n) is 2.21. The zero-order valence-corrected chi connectivity index (χ0v) is 10.4. The van der Waals surface area contributed by atoms with Gasteiger partial charge in [-0.1, -0.05) is 23.2 Å². The molecule has 4 nitrogen and oxygen atoms in total. The summed E-state index contributed by atoms with van der Waals surface area (Å²) >= 11 is 11.5. The number of carbonyl (C=O) groups is 2. The number of rotatable bonds is 3. The number of halogens is 2. The van der Waals surface area contributed by atoms with E-state index < -0.39 is 11.6 Å². The molecule has 2 aromatic heterocycles. The van der Waals surface area contributed by atoms with E-state index in [0.29, 0.717) is 0 Å². The summed E-state index contributed by atoms with van der Waals surface area (Å²) in [6.07, 6.45) is 2.86. The van der Waals surface area contributed by atoms with E-state index in [9.17, 15) is 9.59 Å². The van der Waals surface area contributed by atoms with Crippen LogP contribution in [-0.2, 0) is 0 Å². The molecule has 0 fully saturated rings. The maximum absolute atomic E-state index is 12.0. The van der Waals surface area contributed by atoms with Gasteiger partial charge < -0.3 is 0 Å². The Balaban J connectivity index is 2.39. The lowest BCUT2D eigenvalue weighted by atomic mass is 10.0. The summed E-state index contributed by atoms with van der Waals surface area (Å²) < 4.78 is 0. The number of nitrogens with zero attached hydrogens (tertiary/aromatic N) is 2. The Morgan fingerprint density at radius 2 is 1.22 bits per heavy atom. The second-order valence-corrected chi connectivity index (χ2v) is 4.06. The minimum atomic E-state index is -0.761. The van der Waals surface area contributed by atoms with Crippen LogP contribution < -0.4 is 0 Å². The normalized spacial score (nSPS) is 10.1. The molecule has 18 heavy (non-hydrogen) atoms. The first-order chi connectivity index (χ1) is 8.61. The second kappa shape index (κ2) is 5.25. The number of ketones is 2. The maximum atomic E-state index is 12.0. The van der Waals surface area contributed by atoms with Gasteiger partial charge in [0.1, 0.15) is 10.3 Å². The summed E-state index contributed by atoms with van der Waals surface area (Å²) in [6, 6.07) is 5.91. The van der Waals surface area contributed by atoms with Crippen molar-refractivity contribution >= 4 is 34.8 Å². The predicted octanol–water partition coefficient (Wildman–Crippen LogP) is 2.85. The summed E-state index contributed by atoms with van der Waals surface area (Å²) in [5.41, 5.74) is 0.0909. The van der Waals surface area contributed by atoms with Gasteiger partial charge in [-0.2, -0.15) is 0 Å². The molecule has 6 heteroatoms. The highest BCUT2D eigenvalue weighted by molar-refractivity contribution is 6.53. The van der Waals surface area contributed by atoms with Crippen LogP contribution in [0.25, 0.3) is 0 Å². The molecule has 0 aliphatic rings. The van der Waals surface area contributed by atoms with E-state index in [4.69, 9.17) is 23.2 Å². The molecule has 0 spiro atoms. The van der Waals surface area contributed by atoms with Gasteiger partial charge in [0.05, 0.1) is 11.1 Å². The molecule has 2 rings (SSSR count). The molecule has 0 N–H and O–H groups in total. The Bertz CT molecular complexity index is 573. The van der Waals surface area contributed by atoms with Crippen LogP contribution in [0.4, 0.5) is 0 Å². The number of aromatic nitrogens is 2. The number of carbonyl (C=O) groups excluding carboxylic acids is 2. The first kappa shape index (κ1) is 12.7. The fourth-order valence-corrected chi connectivity index (χ4v) is 1.77. The molecular formula is C12H6Cl2N2O2. The monoisotopic (exact) mass is 280 g/mol. The van der Waals surface area contributed by atoms with Gasteiger partial charge in [-0.05, 0) is 24.3 Å². The van der Waals surface area contributed by atoms with Gasteiger partial charge in [0.2, 0.25) is 11.6 Å². The third kappa shape index (κ3) is 2.39. The molecule has 0 amide bonds. The Hall–Kier alpha value is -1.78. The first-order valence-corrected chi connectivity index (χ1v) is 5.67. The molecule has 2 heterocycles. The molecule has 0 saturated heterocycles. The number of hydrogen-bond donors (Lipinski definition) is 0. The molecule has 0 saturated carbocycles. The fraction of sp³-hybridized carbons (Fsp3) is 0. The smallest absolute Gasteiger partial charge is 0.236 e. The summed E-state index contributed by atoms with van der Waals surface area (Å²) in [5, 5.41) is -0.0354. The Morgan fingerprint density at radius 1 is 0.833 bits per heavy atom. The molecule has 90 valence electrons. The fourth-order valence-electron chi connectivity index (χ4n) is 1.36. The van der Waals surface area contributed by atoms with Gasteiger partial charge in [-0.25, -0.2) is 9.97 Å². The van der Waals surface area contributed by atoms with Crippen LogP contribution in [0.15, 0.2) is 36.7 Å². The quantitative estimate of drug-likeness (QED) is 0.493. The number of hydrogen-bond acceptors (Lipinski definition) is 4. The van der Waals surface area contributed by atoms with Gasteiger partial charge >= 0.3 is 0 Å². The standard InChI is InChI=1S/C12H6Cl2N2O2/c13-11-7(3-1-5-15-11)9(17)10(18)8-4-2-6-16-12(8)14/h1-6H. The highest BCUT2D eigenvalue weighted by atomic mass is 35.5. The summed E-state index contributed by atoms with van der Waals surface area (Å²) in [7, 11) is 0. The van der Waals surface area contributed by atoms with Crippen LogP contribution in [0.5, 0.6) is 0 Å². The van der Waals surface area contributed by atoms with Crippen molar-refractivity contribution in [3.63, 3.8) is 0 Å². The lowest BCUT2D eigenvalue weighted by molar-refractivity contribution is 0.0816. The molecule has 0 atom stereocenters. The van der Waals surface area contributed by atoms with E-state index in [1.165, 1.54) is 36.7 Å². The predicted molar refractivity (Wildman–Crippen MR) is 67.2 cm³/mol. The van der Waals surface area contributed by atoms with Crippen molar-refractivity contribution in [2.24, 2.45) is 0 Å². The Morgan fingerprint density at radius 3 is 1.56 bits per heavy atom. The van der Waals surface area contributed by atoms with Gasteiger partial charge in [0.15, 0.2) is 0 Å². The van der Waals surface area contributed by atoms with Crippen molar-refractivity contribution in [2.45, 2.75) is 0 Å². The Labute approximate surface area is 113 Å². The van der Waals surface area contributed by atoms with Crippen molar-refractivity contribution in [2.75, 3.05) is 0 Å². The van der Waals surface area contributed by atoms with E-state index >= 15 is 0 Å². The summed E-state index contributed by atoms with van der Waals surface area (Å²) in [4.78, 5) is 31.4. The molecule has 0 radical (unpaired) electrons. The summed E-state index contributed by atoms with van der Waals surface area (Å²) in [5.74, 6) is -1.52. The molecule has 0 aliphatic carbocycles. The van der Waals surface area contributed by atoms with E-state index in [0.717, 1.165) is 0 Å². The van der Waals surface area contributed by atoms with Crippen molar-refractivity contribution in [3.05, 3.63) is 58.1 Å². The second-order valence-electron chi connectivity index (χ2n) is 3.34. The van der Waals surface area contributed by atoms with Gasteiger partial charge in [-0.3, -0.25) is 9.59 Å². The van der Waals surface area contributed by atoms with Crippen molar-refractivity contribution in [3.8, 4) is 0 Å². The van der Waals surface area contributed by atoms with Crippen LogP contribution >= 0.6 is 23.2 Å². The number of pyridine rings is 2. The lowest BCUT2D eigenvalue weighted by Gasteiger charge is -2.03. The van der Waals surface area contributed by atoms with Crippen LogP contribution in [0.2, 0.25) is 10.3 Å². The van der Waals surface area contributed by atoms with E-state index in [1.807, 2.05) is 0 Å². The van der Waals surface area contributed by atoms with Crippen LogP contribution in [0.3, 0.4) is 0 Å². The average Bonchev–Trinajstić information content (AvgIpc) is 2.38. The maximum Gasteiger partial charge on any atom is 0.236 e. The van der Waals surface area contributed by atoms with Gasteiger partial charge in [0.25, 0.3) is 0 Å². The molecule has 0 bridgehead atoms. The van der Waals surface area contributed by atoms with Crippen LogP contribution in [0, 0.1) is 0 Å².